The Bertz CT molecular complexity index is 823. The highest BCUT2D eigenvalue weighted by Crippen LogP contribution is 2.34. The van der Waals surface area contributed by atoms with Gasteiger partial charge in [-0.1, -0.05) is 0 Å². The van der Waals surface area contributed by atoms with Crippen LogP contribution in [0.15, 0.2) is 42.9 Å². The van der Waals surface area contributed by atoms with Crippen LogP contribution in [0.3, 0.4) is 0 Å². The summed E-state index contributed by atoms with van der Waals surface area (Å²) in [5.41, 5.74) is 2.88. The third-order valence-corrected chi connectivity index (χ3v) is 4.38. The first-order valence-electron chi connectivity index (χ1n) is 7.89. The molecule has 0 aliphatic carbocycles. The average Bonchev–Trinajstić information content (AvgIpc) is 2.95. The summed E-state index contributed by atoms with van der Waals surface area (Å²) in [6.07, 6.45) is 5.42. The van der Waals surface area contributed by atoms with E-state index in [1.165, 1.54) is 0 Å². The number of fused-ring (bicyclic) bond motifs is 1. The van der Waals surface area contributed by atoms with Gasteiger partial charge in [0.15, 0.2) is 11.5 Å². The molecule has 3 aromatic heterocycles. The number of nitrogens with zero attached hydrogens (tertiary/aromatic N) is 5. The number of nitrogens with one attached hydrogen (secondary N) is 1. The van der Waals surface area contributed by atoms with Crippen molar-refractivity contribution in [3.63, 3.8) is 0 Å². The second kappa shape index (κ2) is 5.31. The Balaban J connectivity index is 1.96. The molecule has 1 aliphatic heterocycles. The Morgan fingerprint density at radius 2 is 1.96 bits per heavy atom. The smallest absolute Gasteiger partial charge is 0.159 e. The molecule has 0 amide bonds. The van der Waals surface area contributed by atoms with Gasteiger partial charge in [0.05, 0.1) is 0 Å². The zero-order valence-electron chi connectivity index (χ0n) is 13.4. The Labute approximate surface area is 135 Å². The summed E-state index contributed by atoms with van der Waals surface area (Å²) in [4.78, 5) is 11.4. The lowest BCUT2D eigenvalue weighted by atomic mass is 9.99. The fourth-order valence-corrected chi connectivity index (χ4v) is 3.20. The van der Waals surface area contributed by atoms with Gasteiger partial charge in [0, 0.05) is 49.3 Å². The maximum atomic E-state index is 4.83. The van der Waals surface area contributed by atoms with Gasteiger partial charge in [0.1, 0.15) is 5.69 Å². The molecular weight excluding hydrogens is 288 g/mol. The first-order valence-corrected chi connectivity index (χ1v) is 7.89. The Kier molecular flexibility index (Phi) is 3.27. The van der Waals surface area contributed by atoms with E-state index in [4.69, 9.17) is 4.98 Å². The molecule has 0 spiro atoms. The summed E-state index contributed by atoms with van der Waals surface area (Å²) in [7, 11) is 0. The van der Waals surface area contributed by atoms with Crippen LogP contribution in [-0.4, -0.2) is 44.8 Å². The van der Waals surface area contributed by atoms with E-state index in [2.05, 4.69) is 34.1 Å². The molecule has 6 heteroatoms. The monoisotopic (exact) mass is 308 g/mol. The number of aromatic nitrogens is 4. The largest absolute Gasteiger partial charge is 0.347 e. The summed E-state index contributed by atoms with van der Waals surface area (Å²) in [5.74, 6) is 1.05. The maximum Gasteiger partial charge on any atom is 0.159 e. The van der Waals surface area contributed by atoms with Crippen molar-refractivity contribution in [2.75, 3.05) is 24.5 Å². The molecule has 23 heavy (non-hydrogen) atoms. The number of hydrogen-bond acceptors (Lipinski definition) is 5. The number of imidazole rings is 1. The molecule has 6 nitrogen and oxygen atoms in total. The summed E-state index contributed by atoms with van der Waals surface area (Å²) >= 11 is 0. The zero-order valence-corrected chi connectivity index (χ0v) is 13.4. The van der Waals surface area contributed by atoms with Crippen molar-refractivity contribution in [3.8, 4) is 11.3 Å². The lowest BCUT2D eigenvalue weighted by molar-refractivity contribution is 0.376. The summed E-state index contributed by atoms with van der Waals surface area (Å²) in [6.45, 7) is 7.31. The Morgan fingerprint density at radius 1 is 1.13 bits per heavy atom. The van der Waals surface area contributed by atoms with Crippen molar-refractivity contribution in [1.82, 2.24) is 24.9 Å². The van der Waals surface area contributed by atoms with E-state index in [-0.39, 0.29) is 5.54 Å². The molecule has 1 aliphatic rings. The molecule has 0 aromatic carbocycles. The molecule has 4 heterocycles. The van der Waals surface area contributed by atoms with Gasteiger partial charge in [-0.2, -0.15) is 9.61 Å². The zero-order chi connectivity index (χ0) is 15.9. The van der Waals surface area contributed by atoms with Crippen LogP contribution in [0, 0.1) is 0 Å². The SMILES string of the molecule is CC1(C)CNCCN1c1c(-c2ccncc2)nc2cccnn12. The van der Waals surface area contributed by atoms with Crippen molar-refractivity contribution in [2.24, 2.45) is 0 Å². The Morgan fingerprint density at radius 3 is 2.74 bits per heavy atom. The first kappa shape index (κ1) is 14.1. The van der Waals surface area contributed by atoms with Gasteiger partial charge in [0.2, 0.25) is 0 Å². The van der Waals surface area contributed by atoms with Gasteiger partial charge in [0.25, 0.3) is 0 Å². The van der Waals surface area contributed by atoms with Gasteiger partial charge in [-0.05, 0) is 38.1 Å². The fraction of sp³-hybridized carbons (Fsp3) is 0.353. The molecular formula is C17H20N6. The molecule has 0 unspecified atom stereocenters. The number of pyridine rings is 1. The molecule has 118 valence electrons. The van der Waals surface area contributed by atoms with Crippen molar-refractivity contribution >= 4 is 11.5 Å². The molecule has 3 aromatic rings. The van der Waals surface area contributed by atoms with Crippen LogP contribution in [0.5, 0.6) is 0 Å². The molecule has 1 N–H and O–H groups in total. The van der Waals surface area contributed by atoms with Crippen molar-refractivity contribution < 1.29 is 0 Å². The lowest BCUT2D eigenvalue weighted by Crippen LogP contribution is -2.58. The third-order valence-electron chi connectivity index (χ3n) is 4.38. The number of anilines is 1. The Hall–Kier alpha value is -2.47. The molecule has 0 bridgehead atoms. The number of piperazine rings is 1. The van der Waals surface area contributed by atoms with E-state index in [0.717, 1.165) is 42.4 Å². The molecule has 0 radical (unpaired) electrons. The van der Waals surface area contributed by atoms with E-state index in [1.807, 2.05) is 35.0 Å². The van der Waals surface area contributed by atoms with Crippen LogP contribution in [0.4, 0.5) is 5.82 Å². The quantitative estimate of drug-likeness (QED) is 0.784. The van der Waals surface area contributed by atoms with Gasteiger partial charge in [-0.15, -0.1) is 0 Å². The van der Waals surface area contributed by atoms with Crippen LogP contribution in [0.25, 0.3) is 16.9 Å². The highest BCUT2D eigenvalue weighted by molar-refractivity contribution is 5.77. The second-order valence-electron chi connectivity index (χ2n) is 6.45. The van der Waals surface area contributed by atoms with Crippen molar-refractivity contribution in [2.45, 2.75) is 19.4 Å². The summed E-state index contributed by atoms with van der Waals surface area (Å²) in [5, 5.41) is 8.02. The van der Waals surface area contributed by atoms with Crippen molar-refractivity contribution in [1.29, 1.82) is 0 Å². The lowest BCUT2D eigenvalue weighted by Gasteiger charge is -2.44. The number of rotatable bonds is 2. The van der Waals surface area contributed by atoms with E-state index < -0.39 is 0 Å². The second-order valence-corrected chi connectivity index (χ2v) is 6.45. The van der Waals surface area contributed by atoms with E-state index in [0.29, 0.717) is 0 Å². The van der Waals surface area contributed by atoms with Gasteiger partial charge >= 0.3 is 0 Å². The van der Waals surface area contributed by atoms with Crippen molar-refractivity contribution in [3.05, 3.63) is 42.9 Å². The predicted octanol–water partition coefficient (Wildman–Crippen LogP) is 1.98. The third kappa shape index (κ3) is 2.35. The molecule has 0 saturated carbocycles. The topological polar surface area (TPSA) is 58.3 Å². The van der Waals surface area contributed by atoms with Crippen LogP contribution >= 0.6 is 0 Å². The van der Waals surface area contributed by atoms with Crippen LogP contribution in [0.1, 0.15) is 13.8 Å². The van der Waals surface area contributed by atoms with Gasteiger partial charge in [-0.25, -0.2) is 4.98 Å². The molecule has 1 saturated heterocycles. The molecule has 0 atom stereocenters. The maximum absolute atomic E-state index is 4.83. The van der Waals surface area contributed by atoms with Gasteiger partial charge < -0.3 is 10.2 Å². The first-order chi connectivity index (χ1) is 11.2. The minimum atomic E-state index is -0.00643. The average molecular weight is 308 g/mol. The fourth-order valence-electron chi connectivity index (χ4n) is 3.20. The van der Waals surface area contributed by atoms with Gasteiger partial charge in [-0.3, -0.25) is 4.98 Å². The predicted molar refractivity (Wildman–Crippen MR) is 90.5 cm³/mol. The van der Waals surface area contributed by atoms with E-state index in [1.54, 1.807) is 12.4 Å². The number of hydrogen-bond donors (Lipinski definition) is 1. The highest BCUT2D eigenvalue weighted by atomic mass is 15.4. The summed E-state index contributed by atoms with van der Waals surface area (Å²) in [6, 6.07) is 7.92. The standard InChI is InChI=1S/C17H20N6/c1-17(2)12-19-10-11-22(17)16-15(13-5-8-18-9-6-13)21-14-4-3-7-20-23(14)16/h3-9,19H,10-12H2,1-2H3. The van der Waals surface area contributed by atoms with E-state index in [9.17, 15) is 0 Å². The van der Waals surface area contributed by atoms with Crippen LogP contribution in [0.2, 0.25) is 0 Å². The highest BCUT2D eigenvalue weighted by Gasteiger charge is 2.34. The van der Waals surface area contributed by atoms with Crippen LogP contribution < -0.4 is 10.2 Å². The van der Waals surface area contributed by atoms with Crippen LogP contribution in [-0.2, 0) is 0 Å². The molecule has 4 rings (SSSR count). The minimum absolute atomic E-state index is 0.00643. The normalized spacial score (nSPS) is 17.6. The van der Waals surface area contributed by atoms with E-state index >= 15 is 0 Å². The minimum Gasteiger partial charge on any atom is -0.347 e. The summed E-state index contributed by atoms with van der Waals surface area (Å²) < 4.78 is 1.95. The molecule has 1 fully saturated rings.